The lowest BCUT2D eigenvalue weighted by Crippen LogP contribution is -2.42. The van der Waals surface area contributed by atoms with Gasteiger partial charge >= 0.3 is 0 Å². The van der Waals surface area contributed by atoms with Crippen LogP contribution in [0.2, 0.25) is 0 Å². The Morgan fingerprint density at radius 2 is 1.88 bits per heavy atom. The summed E-state index contributed by atoms with van der Waals surface area (Å²) in [5, 5.41) is 0.783. The first-order valence-electron chi connectivity index (χ1n) is 6.55. The number of likely N-dealkylation sites (tertiary alicyclic amines) is 2. The molecule has 2 heterocycles. The summed E-state index contributed by atoms with van der Waals surface area (Å²) in [4.78, 5) is 5.13. The molecule has 2 aliphatic heterocycles. The average molecular weight is 243 g/mol. The number of rotatable bonds is 4. The Labute approximate surface area is 104 Å². The first-order chi connectivity index (χ1) is 7.75. The summed E-state index contributed by atoms with van der Waals surface area (Å²) < 4.78 is 0. The first kappa shape index (κ1) is 12.4. The van der Waals surface area contributed by atoms with Gasteiger partial charge in [0, 0.05) is 24.2 Å². The molecule has 2 saturated heterocycles. The Kier molecular flexibility index (Phi) is 4.68. The molecule has 92 valence electrons. The van der Waals surface area contributed by atoms with Crippen molar-refractivity contribution in [3.63, 3.8) is 0 Å². The molecule has 0 N–H and O–H groups in total. The molecule has 0 amide bonds. The highest BCUT2D eigenvalue weighted by atomic mass is 35.5. The minimum absolute atomic E-state index is 0.716. The van der Waals surface area contributed by atoms with Crippen LogP contribution >= 0.6 is 11.6 Å². The van der Waals surface area contributed by atoms with Crippen molar-refractivity contribution in [1.82, 2.24) is 9.80 Å². The summed E-state index contributed by atoms with van der Waals surface area (Å²) in [6.45, 7) is 9.72. The third kappa shape index (κ3) is 3.47. The molecule has 0 radical (unpaired) electrons. The molecule has 0 aliphatic carbocycles. The van der Waals surface area contributed by atoms with Crippen molar-refractivity contribution >= 4 is 11.6 Å². The standard InChI is InChI=1S/C13H23ClN2/c1-12(14)10-16-9-5-6-13(16)11-15-7-3-2-4-8-15/h13H,1-11H2/t13-/m1/s1. The molecule has 0 aromatic rings. The molecule has 16 heavy (non-hydrogen) atoms. The molecule has 2 aliphatic rings. The summed E-state index contributed by atoms with van der Waals surface area (Å²) in [5.41, 5.74) is 0. The van der Waals surface area contributed by atoms with Gasteiger partial charge in [-0.25, -0.2) is 0 Å². The van der Waals surface area contributed by atoms with Crippen molar-refractivity contribution in [2.75, 3.05) is 32.7 Å². The molecule has 3 heteroatoms. The van der Waals surface area contributed by atoms with E-state index in [1.807, 2.05) is 0 Å². The predicted octanol–water partition coefficient (Wildman–Crippen LogP) is 2.69. The van der Waals surface area contributed by atoms with Crippen LogP contribution in [0, 0.1) is 0 Å². The van der Waals surface area contributed by atoms with Gasteiger partial charge in [0.2, 0.25) is 0 Å². The maximum Gasteiger partial charge on any atom is 0.0339 e. The van der Waals surface area contributed by atoms with Crippen LogP contribution in [0.1, 0.15) is 32.1 Å². The predicted molar refractivity (Wildman–Crippen MR) is 69.9 cm³/mol. The number of halogens is 1. The lowest BCUT2D eigenvalue weighted by Gasteiger charge is -2.32. The Morgan fingerprint density at radius 1 is 1.12 bits per heavy atom. The number of hydrogen-bond donors (Lipinski definition) is 0. The monoisotopic (exact) mass is 242 g/mol. The second-order valence-corrected chi connectivity index (χ2v) is 5.68. The van der Waals surface area contributed by atoms with Gasteiger partial charge in [-0.15, -0.1) is 0 Å². The summed E-state index contributed by atoms with van der Waals surface area (Å²) in [6, 6.07) is 0.716. The summed E-state index contributed by atoms with van der Waals surface area (Å²) in [7, 11) is 0. The average Bonchev–Trinajstić information content (AvgIpc) is 2.66. The van der Waals surface area contributed by atoms with E-state index in [2.05, 4.69) is 16.4 Å². The summed E-state index contributed by atoms with van der Waals surface area (Å²) in [6.07, 6.45) is 6.84. The minimum atomic E-state index is 0.716. The zero-order chi connectivity index (χ0) is 11.4. The van der Waals surface area contributed by atoms with Crippen LogP contribution in [0.15, 0.2) is 11.6 Å². The second-order valence-electron chi connectivity index (χ2n) is 5.15. The molecule has 0 unspecified atom stereocenters. The van der Waals surface area contributed by atoms with Gasteiger partial charge in [-0.05, 0) is 45.3 Å². The van der Waals surface area contributed by atoms with E-state index in [0.717, 1.165) is 11.6 Å². The maximum atomic E-state index is 5.92. The Hall–Kier alpha value is -0.0500. The topological polar surface area (TPSA) is 6.48 Å². The van der Waals surface area contributed by atoms with Gasteiger partial charge in [-0.3, -0.25) is 4.90 Å². The SMILES string of the molecule is C=C(Cl)CN1CCC[C@@H]1CN1CCCCC1. The van der Waals surface area contributed by atoms with Gasteiger partial charge in [-0.1, -0.05) is 24.6 Å². The normalized spacial score (nSPS) is 28.4. The molecule has 0 aromatic carbocycles. The van der Waals surface area contributed by atoms with E-state index in [9.17, 15) is 0 Å². The van der Waals surface area contributed by atoms with Crippen LogP contribution < -0.4 is 0 Å². The number of nitrogens with zero attached hydrogens (tertiary/aromatic N) is 2. The lowest BCUT2D eigenvalue weighted by molar-refractivity contribution is 0.161. The van der Waals surface area contributed by atoms with Crippen molar-refractivity contribution in [1.29, 1.82) is 0 Å². The highest BCUT2D eigenvalue weighted by molar-refractivity contribution is 6.29. The lowest BCUT2D eigenvalue weighted by atomic mass is 10.1. The van der Waals surface area contributed by atoms with Crippen LogP contribution in [-0.4, -0.2) is 48.6 Å². The smallest absolute Gasteiger partial charge is 0.0339 e. The van der Waals surface area contributed by atoms with Gasteiger partial charge in [-0.2, -0.15) is 0 Å². The summed E-state index contributed by atoms with van der Waals surface area (Å²) >= 11 is 5.92. The number of piperidine rings is 1. The molecule has 0 aromatic heterocycles. The van der Waals surface area contributed by atoms with Crippen LogP contribution in [0.3, 0.4) is 0 Å². The molecule has 1 atom stereocenters. The van der Waals surface area contributed by atoms with E-state index in [4.69, 9.17) is 11.6 Å². The van der Waals surface area contributed by atoms with E-state index in [-0.39, 0.29) is 0 Å². The van der Waals surface area contributed by atoms with E-state index < -0.39 is 0 Å². The van der Waals surface area contributed by atoms with E-state index in [1.165, 1.54) is 58.3 Å². The van der Waals surface area contributed by atoms with Gasteiger partial charge in [0.1, 0.15) is 0 Å². The van der Waals surface area contributed by atoms with Crippen LogP contribution in [0.5, 0.6) is 0 Å². The maximum absolute atomic E-state index is 5.92. The van der Waals surface area contributed by atoms with Crippen LogP contribution in [-0.2, 0) is 0 Å². The molecule has 2 nitrogen and oxygen atoms in total. The van der Waals surface area contributed by atoms with Gasteiger partial charge in [0.25, 0.3) is 0 Å². The highest BCUT2D eigenvalue weighted by Gasteiger charge is 2.26. The molecular formula is C13H23ClN2. The summed E-state index contributed by atoms with van der Waals surface area (Å²) in [5.74, 6) is 0. The van der Waals surface area contributed by atoms with Crippen molar-refractivity contribution in [3.05, 3.63) is 11.6 Å². The molecular weight excluding hydrogens is 220 g/mol. The van der Waals surface area contributed by atoms with Gasteiger partial charge in [0.15, 0.2) is 0 Å². The van der Waals surface area contributed by atoms with Crippen molar-refractivity contribution in [2.45, 2.75) is 38.1 Å². The largest absolute Gasteiger partial charge is 0.302 e. The van der Waals surface area contributed by atoms with Crippen LogP contribution in [0.25, 0.3) is 0 Å². The molecule has 0 bridgehead atoms. The first-order valence-corrected chi connectivity index (χ1v) is 6.93. The van der Waals surface area contributed by atoms with Gasteiger partial charge in [0.05, 0.1) is 0 Å². The fourth-order valence-corrected chi connectivity index (χ4v) is 3.12. The third-order valence-electron chi connectivity index (χ3n) is 3.79. The zero-order valence-electron chi connectivity index (χ0n) is 10.1. The third-order valence-corrected chi connectivity index (χ3v) is 3.91. The Morgan fingerprint density at radius 3 is 2.56 bits per heavy atom. The quantitative estimate of drug-likeness (QED) is 0.748. The van der Waals surface area contributed by atoms with E-state index in [0.29, 0.717) is 6.04 Å². The van der Waals surface area contributed by atoms with E-state index in [1.54, 1.807) is 0 Å². The Balaban J connectivity index is 1.80. The fraction of sp³-hybridized carbons (Fsp3) is 0.846. The zero-order valence-corrected chi connectivity index (χ0v) is 10.9. The molecule has 2 rings (SSSR count). The minimum Gasteiger partial charge on any atom is -0.302 e. The van der Waals surface area contributed by atoms with E-state index >= 15 is 0 Å². The molecule has 0 saturated carbocycles. The molecule has 0 spiro atoms. The highest BCUT2D eigenvalue weighted by Crippen LogP contribution is 2.21. The van der Waals surface area contributed by atoms with Crippen LogP contribution in [0.4, 0.5) is 0 Å². The molecule has 2 fully saturated rings. The Bertz CT molecular complexity index is 236. The van der Waals surface area contributed by atoms with Crippen molar-refractivity contribution < 1.29 is 0 Å². The van der Waals surface area contributed by atoms with Crippen molar-refractivity contribution in [3.8, 4) is 0 Å². The number of hydrogen-bond acceptors (Lipinski definition) is 2. The second kappa shape index (κ2) is 6.04. The van der Waals surface area contributed by atoms with Crippen molar-refractivity contribution in [2.24, 2.45) is 0 Å². The van der Waals surface area contributed by atoms with Gasteiger partial charge < -0.3 is 4.90 Å². The fourth-order valence-electron chi connectivity index (χ4n) is 2.97.